The van der Waals surface area contributed by atoms with E-state index in [0.29, 0.717) is 38.6 Å². The number of hydrogen-bond acceptors (Lipinski definition) is 8. The van der Waals surface area contributed by atoms with E-state index in [1.54, 1.807) is 24.7 Å². The minimum atomic E-state index is -4.09. The smallest absolute Gasteiger partial charge is 0.265 e. The largest absolute Gasteiger partial charge is 0.494 e. The number of nitrogens with one attached hydrogen (secondary N) is 1. The summed E-state index contributed by atoms with van der Waals surface area (Å²) in [7, 11) is -2.48. The number of amides is 1. The van der Waals surface area contributed by atoms with Gasteiger partial charge in [-0.2, -0.15) is 0 Å². The predicted octanol–water partition coefficient (Wildman–Crippen LogP) is 3.39. The molecule has 0 aromatic heterocycles. The van der Waals surface area contributed by atoms with Crippen LogP contribution in [-0.4, -0.2) is 69.1 Å². The number of carbonyl (C=O) groups is 1. The fourth-order valence-electron chi connectivity index (χ4n) is 5.22. The van der Waals surface area contributed by atoms with E-state index in [0.717, 1.165) is 29.5 Å². The highest BCUT2D eigenvalue weighted by Gasteiger charge is 2.52. The highest BCUT2D eigenvalue weighted by atomic mass is 32.2. The van der Waals surface area contributed by atoms with Gasteiger partial charge in [0.05, 0.1) is 18.1 Å². The van der Waals surface area contributed by atoms with E-state index in [2.05, 4.69) is 30.2 Å². The highest BCUT2D eigenvalue weighted by Crippen LogP contribution is 2.36. The lowest BCUT2D eigenvalue weighted by molar-refractivity contribution is -0.133. The number of methoxy groups -OCH3 is 1. The first-order valence-corrected chi connectivity index (χ1v) is 15.4. The van der Waals surface area contributed by atoms with Crippen LogP contribution in [0.2, 0.25) is 0 Å². The molecule has 3 aromatic rings. The number of piperidine rings is 1. The lowest BCUT2D eigenvalue weighted by Crippen LogP contribution is -2.57. The molecule has 1 amide bonds. The maximum Gasteiger partial charge on any atom is 0.265 e. The molecule has 1 aliphatic rings. The zero-order valence-corrected chi connectivity index (χ0v) is 24.5. The Kier molecular flexibility index (Phi) is 10.6. The van der Waals surface area contributed by atoms with Crippen LogP contribution >= 0.6 is 0 Å². The van der Waals surface area contributed by atoms with Crippen molar-refractivity contribution < 1.29 is 27.9 Å². The maximum atomic E-state index is 13.7. The normalized spacial score (nSPS) is 14.9. The van der Waals surface area contributed by atoms with E-state index in [1.165, 1.54) is 17.7 Å². The lowest BCUT2D eigenvalue weighted by atomic mass is 9.95. The van der Waals surface area contributed by atoms with Crippen LogP contribution < -0.4 is 16.0 Å². The third-order valence-corrected chi connectivity index (χ3v) is 10.2. The molecular weight excluding hydrogens is 554 g/mol. The van der Waals surface area contributed by atoms with Crippen molar-refractivity contribution in [3.05, 3.63) is 83.9 Å². The van der Waals surface area contributed by atoms with Crippen LogP contribution in [0, 0.1) is 12.0 Å². The number of sulfone groups is 1. The summed E-state index contributed by atoms with van der Waals surface area (Å²) >= 11 is 0. The summed E-state index contributed by atoms with van der Waals surface area (Å²) in [6, 6.07) is 24.8. The van der Waals surface area contributed by atoms with Gasteiger partial charge >= 0.3 is 0 Å². The van der Waals surface area contributed by atoms with E-state index in [4.69, 9.17) is 15.2 Å². The van der Waals surface area contributed by atoms with Gasteiger partial charge in [-0.25, -0.2) is 13.9 Å². The fourth-order valence-corrected chi connectivity index (χ4v) is 7.18. The number of carbonyl (C=O) groups excluding carboxylic acids is 1. The van der Waals surface area contributed by atoms with Gasteiger partial charge in [0.1, 0.15) is 5.75 Å². The number of ether oxygens (including phenoxy) is 2. The number of likely N-dealkylation sites (tertiary alicyclic amines) is 1. The van der Waals surface area contributed by atoms with Crippen LogP contribution in [0.1, 0.15) is 30.4 Å². The molecule has 0 saturated carbocycles. The Morgan fingerprint density at radius 1 is 1.02 bits per heavy atom. The molecule has 222 valence electrons. The van der Waals surface area contributed by atoms with Gasteiger partial charge in [-0.05, 0) is 84.7 Å². The number of benzene rings is 3. The van der Waals surface area contributed by atoms with Gasteiger partial charge in [-0.1, -0.05) is 36.4 Å². The summed E-state index contributed by atoms with van der Waals surface area (Å²) in [6.45, 7) is 2.41. The molecule has 1 saturated heterocycles. The molecule has 4 rings (SSSR count). The van der Waals surface area contributed by atoms with Crippen LogP contribution in [0.25, 0.3) is 11.1 Å². The second kappa shape index (κ2) is 14.3. The molecule has 0 unspecified atom stereocenters. The Balaban J connectivity index is 1.34. The Bertz CT molecular complexity index is 1500. The Morgan fingerprint density at radius 2 is 1.74 bits per heavy atom. The van der Waals surface area contributed by atoms with Gasteiger partial charge < -0.3 is 20.1 Å². The average Bonchev–Trinajstić information content (AvgIpc) is 3.03. The standard InChI is InChI=1S/C32H37N3O6S/c1-40-23-21-35-19-16-32(17-20-35,31(36)34-37)42(38,39)30-13-11-29(12-14-30)41-22-3-5-26-4-2-6-28(24-26)27-9-7-25(8-10-27)15-18-33/h2,4,6-14,24,37H,3,5,16-17,19-23,33H2,1H3,(H,34,36). The number of aryl methyl sites for hydroxylation is 1. The highest BCUT2D eigenvalue weighted by molar-refractivity contribution is 7.93. The van der Waals surface area contributed by atoms with Crippen LogP contribution in [0.15, 0.2) is 77.7 Å². The second-order valence-electron chi connectivity index (χ2n) is 10.2. The van der Waals surface area contributed by atoms with Gasteiger partial charge in [0.2, 0.25) is 0 Å². The van der Waals surface area contributed by atoms with Crippen molar-refractivity contribution in [2.75, 3.05) is 40.0 Å². The molecular formula is C32H37N3O6S. The van der Waals surface area contributed by atoms with Crippen LogP contribution in [-0.2, 0) is 25.8 Å². The predicted molar refractivity (Wildman–Crippen MR) is 161 cm³/mol. The van der Waals surface area contributed by atoms with Crippen molar-refractivity contribution in [3.8, 4) is 28.8 Å². The molecule has 0 aliphatic carbocycles. The van der Waals surface area contributed by atoms with Gasteiger partial charge in [0, 0.05) is 38.4 Å². The fraction of sp³-hybridized carbons (Fsp3) is 0.344. The average molecular weight is 592 g/mol. The minimum Gasteiger partial charge on any atom is -0.494 e. The maximum absolute atomic E-state index is 13.7. The van der Waals surface area contributed by atoms with E-state index in [1.807, 2.05) is 35.2 Å². The monoisotopic (exact) mass is 591 g/mol. The second-order valence-corrected chi connectivity index (χ2v) is 12.5. The molecule has 1 heterocycles. The van der Waals surface area contributed by atoms with Crippen molar-refractivity contribution in [1.82, 2.24) is 10.4 Å². The third-order valence-electron chi connectivity index (χ3n) is 7.68. The SMILES string of the molecule is COCCN1CCC(C(=O)NO)(S(=O)(=O)c2ccc(OCCCc3cccc(-c4ccc(C#CN)cc4)c3)cc2)CC1. The van der Waals surface area contributed by atoms with Gasteiger partial charge in [-0.15, -0.1) is 0 Å². The zero-order chi connectivity index (χ0) is 30.0. The molecule has 10 heteroatoms. The molecule has 0 radical (unpaired) electrons. The summed E-state index contributed by atoms with van der Waals surface area (Å²) in [5.41, 5.74) is 11.2. The van der Waals surface area contributed by atoms with E-state index in [-0.39, 0.29) is 17.7 Å². The van der Waals surface area contributed by atoms with Crippen molar-refractivity contribution in [2.24, 2.45) is 5.73 Å². The third kappa shape index (κ3) is 7.12. The topological polar surface area (TPSA) is 131 Å². The Hall–Kier alpha value is -3.88. The van der Waals surface area contributed by atoms with Gasteiger partial charge in [0.25, 0.3) is 5.91 Å². The summed E-state index contributed by atoms with van der Waals surface area (Å²) in [6.07, 6.45) is 1.73. The molecule has 4 N–H and O–H groups in total. The Morgan fingerprint density at radius 3 is 2.38 bits per heavy atom. The quantitative estimate of drug-likeness (QED) is 0.0961. The van der Waals surface area contributed by atoms with Crippen LogP contribution in [0.3, 0.4) is 0 Å². The lowest BCUT2D eigenvalue weighted by Gasteiger charge is -2.39. The Labute approximate surface area is 247 Å². The molecule has 0 atom stereocenters. The zero-order valence-electron chi connectivity index (χ0n) is 23.7. The molecule has 42 heavy (non-hydrogen) atoms. The van der Waals surface area contributed by atoms with Crippen LogP contribution in [0.4, 0.5) is 0 Å². The van der Waals surface area contributed by atoms with E-state index >= 15 is 0 Å². The first-order chi connectivity index (χ1) is 20.3. The number of nitrogens with zero attached hydrogens (tertiary/aromatic N) is 1. The summed E-state index contributed by atoms with van der Waals surface area (Å²) in [4.78, 5) is 14.8. The van der Waals surface area contributed by atoms with Crippen LogP contribution in [0.5, 0.6) is 5.75 Å². The van der Waals surface area contributed by atoms with Crippen molar-refractivity contribution in [2.45, 2.75) is 35.3 Å². The molecule has 1 fully saturated rings. The molecule has 0 spiro atoms. The van der Waals surface area contributed by atoms with Crippen molar-refractivity contribution in [3.63, 3.8) is 0 Å². The number of nitrogens with two attached hydrogens (primary N) is 1. The van der Waals surface area contributed by atoms with Crippen molar-refractivity contribution in [1.29, 1.82) is 0 Å². The summed E-state index contributed by atoms with van der Waals surface area (Å²) in [5.74, 6) is 2.47. The number of hydroxylamine groups is 1. The summed E-state index contributed by atoms with van der Waals surface area (Å²) in [5, 5.41) is 9.39. The molecule has 0 bridgehead atoms. The summed E-state index contributed by atoms with van der Waals surface area (Å²) < 4.78 is 36.6. The molecule has 9 nitrogen and oxygen atoms in total. The van der Waals surface area contributed by atoms with Gasteiger partial charge in [-0.3, -0.25) is 10.0 Å². The minimum absolute atomic E-state index is 0.0173. The number of rotatable bonds is 12. The molecule has 3 aromatic carbocycles. The van der Waals surface area contributed by atoms with E-state index in [9.17, 15) is 18.4 Å². The number of hydrogen-bond donors (Lipinski definition) is 3. The van der Waals surface area contributed by atoms with E-state index < -0.39 is 20.5 Å². The van der Waals surface area contributed by atoms with Gasteiger partial charge in [0.15, 0.2) is 14.6 Å². The first kappa shape index (κ1) is 31.1. The molecule has 1 aliphatic heterocycles. The first-order valence-electron chi connectivity index (χ1n) is 13.9. The van der Waals surface area contributed by atoms with Crippen molar-refractivity contribution >= 4 is 15.7 Å².